The third-order valence-electron chi connectivity index (χ3n) is 6.95. The maximum atomic E-state index is 13.7. The molecule has 0 spiro atoms. The molecular weight excluding hydrogens is 590 g/mol. The zero-order chi connectivity index (χ0) is 29.9. The monoisotopic (exact) mass is 621 g/mol. The summed E-state index contributed by atoms with van der Waals surface area (Å²) in [5.41, 5.74) is 0.0853. The van der Waals surface area contributed by atoms with Crippen molar-refractivity contribution in [3.63, 3.8) is 0 Å². The first-order chi connectivity index (χ1) is 19.3. The number of hydrogen-bond donors (Lipinski definition) is 2. The number of aliphatic hydroxyl groups is 1. The van der Waals surface area contributed by atoms with Gasteiger partial charge < -0.3 is 14.7 Å². The van der Waals surface area contributed by atoms with E-state index in [1.54, 1.807) is 25.1 Å². The van der Waals surface area contributed by atoms with Crippen molar-refractivity contribution in [2.75, 3.05) is 31.5 Å². The fourth-order valence-electron chi connectivity index (χ4n) is 4.48. The minimum absolute atomic E-state index is 0.00933. The SMILES string of the molecule is C[C@@H]1CN([C@H](C)CO)C(=O)c2cccc(NS(=O)(=O)c3ccc(Cl)cc3)c2O[C@@H]1CN(C)S(=O)(=O)c1ccccc1. The molecule has 1 amide bonds. The molecule has 0 bridgehead atoms. The van der Waals surface area contributed by atoms with Crippen LogP contribution in [0, 0.1) is 5.92 Å². The lowest BCUT2D eigenvalue weighted by molar-refractivity contribution is 0.0389. The third kappa shape index (κ3) is 6.68. The van der Waals surface area contributed by atoms with Crippen molar-refractivity contribution in [1.82, 2.24) is 9.21 Å². The van der Waals surface area contributed by atoms with E-state index >= 15 is 0 Å². The molecule has 1 aliphatic heterocycles. The summed E-state index contributed by atoms with van der Waals surface area (Å²) in [6.45, 7) is 3.28. The molecule has 220 valence electrons. The first-order valence-corrected chi connectivity index (χ1v) is 16.2. The number of anilines is 1. The zero-order valence-corrected chi connectivity index (χ0v) is 25.2. The summed E-state index contributed by atoms with van der Waals surface area (Å²) >= 11 is 5.92. The molecule has 1 heterocycles. The van der Waals surface area contributed by atoms with Crippen molar-refractivity contribution in [2.24, 2.45) is 5.92 Å². The van der Waals surface area contributed by atoms with Crippen LogP contribution in [0.2, 0.25) is 5.02 Å². The van der Waals surface area contributed by atoms with E-state index in [1.807, 2.05) is 6.92 Å². The number of fused-ring (bicyclic) bond motifs is 1. The van der Waals surface area contributed by atoms with Gasteiger partial charge in [-0.2, -0.15) is 4.31 Å². The van der Waals surface area contributed by atoms with Crippen molar-refractivity contribution >= 4 is 43.2 Å². The zero-order valence-electron chi connectivity index (χ0n) is 22.8. The molecule has 10 nitrogen and oxygen atoms in total. The number of carbonyl (C=O) groups excluding carboxylic acids is 1. The number of halogens is 1. The lowest BCUT2D eigenvalue weighted by Gasteiger charge is -2.38. The van der Waals surface area contributed by atoms with Crippen LogP contribution in [0.3, 0.4) is 0 Å². The van der Waals surface area contributed by atoms with E-state index in [4.69, 9.17) is 16.3 Å². The van der Waals surface area contributed by atoms with Gasteiger partial charge in [-0.05, 0) is 55.5 Å². The Hall–Kier alpha value is -3.16. The van der Waals surface area contributed by atoms with Crippen LogP contribution < -0.4 is 9.46 Å². The molecule has 2 N–H and O–H groups in total. The molecule has 3 atom stereocenters. The van der Waals surface area contributed by atoms with Crippen LogP contribution in [0.5, 0.6) is 5.75 Å². The molecular formula is C28H32ClN3O7S2. The average molecular weight is 622 g/mol. The molecule has 0 aliphatic carbocycles. The van der Waals surface area contributed by atoms with Gasteiger partial charge in [0.2, 0.25) is 10.0 Å². The Bertz CT molecular complexity index is 1600. The van der Waals surface area contributed by atoms with E-state index in [1.165, 1.54) is 70.9 Å². The molecule has 3 aromatic carbocycles. The van der Waals surface area contributed by atoms with E-state index in [-0.39, 0.29) is 46.5 Å². The Morgan fingerprint density at radius 1 is 1.02 bits per heavy atom. The average Bonchev–Trinajstić information content (AvgIpc) is 2.95. The van der Waals surface area contributed by atoms with Crippen molar-refractivity contribution < 1.29 is 31.5 Å². The van der Waals surface area contributed by atoms with Crippen LogP contribution >= 0.6 is 11.6 Å². The smallest absolute Gasteiger partial charge is 0.262 e. The first kappa shape index (κ1) is 30.8. The Balaban J connectivity index is 1.76. The number of amides is 1. The van der Waals surface area contributed by atoms with Crippen molar-refractivity contribution in [2.45, 2.75) is 35.8 Å². The van der Waals surface area contributed by atoms with Crippen molar-refractivity contribution in [1.29, 1.82) is 0 Å². The van der Waals surface area contributed by atoms with Crippen molar-refractivity contribution in [3.05, 3.63) is 83.4 Å². The van der Waals surface area contributed by atoms with Crippen molar-refractivity contribution in [3.8, 4) is 5.75 Å². The maximum absolute atomic E-state index is 13.7. The van der Waals surface area contributed by atoms with E-state index in [2.05, 4.69) is 4.72 Å². The van der Waals surface area contributed by atoms with Crippen LogP contribution in [0.15, 0.2) is 82.6 Å². The van der Waals surface area contributed by atoms with Crippen LogP contribution in [-0.4, -0.2) is 75.9 Å². The number of ether oxygens (including phenoxy) is 1. The Labute approximate surface area is 245 Å². The van der Waals surface area contributed by atoms with Gasteiger partial charge in [-0.25, -0.2) is 16.8 Å². The number of sulfonamides is 2. The molecule has 13 heteroatoms. The number of para-hydroxylation sites is 1. The third-order valence-corrected chi connectivity index (χ3v) is 10.4. The molecule has 0 saturated carbocycles. The van der Waals surface area contributed by atoms with Crippen LogP contribution in [0.25, 0.3) is 0 Å². The van der Waals surface area contributed by atoms with E-state index in [0.29, 0.717) is 5.02 Å². The van der Waals surface area contributed by atoms with Gasteiger partial charge in [0.1, 0.15) is 6.10 Å². The number of benzene rings is 3. The summed E-state index contributed by atoms with van der Waals surface area (Å²) in [5.74, 6) is -0.896. The number of hydrogen-bond acceptors (Lipinski definition) is 7. The molecule has 0 fully saturated rings. The van der Waals surface area contributed by atoms with Gasteiger partial charge in [-0.15, -0.1) is 0 Å². The van der Waals surface area contributed by atoms with Gasteiger partial charge in [-0.1, -0.05) is 42.8 Å². The lowest BCUT2D eigenvalue weighted by Crippen LogP contribution is -2.50. The summed E-state index contributed by atoms with van der Waals surface area (Å²) < 4.78 is 63.1. The minimum atomic E-state index is -4.11. The standard InChI is InChI=1S/C28H32ClN3O7S2/c1-19-16-32(20(2)18-33)28(34)24-10-7-11-25(30-40(35,36)22-14-12-21(29)13-15-22)27(24)39-26(19)17-31(3)41(37,38)23-8-5-4-6-9-23/h4-15,19-20,26,30,33H,16-18H2,1-3H3/t19-,20-,26-/m1/s1. The van der Waals surface area contributed by atoms with Crippen LogP contribution in [-0.2, 0) is 20.0 Å². The number of rotatable bonds is 9. The first-order valence-electron chi connectivity index (χ1n) is 12.9. The second kappa shape index (κ2) is 12.4. The van der Waals surface area contributed by atoms with Gasteiger partial charge >= 0.3 is 0 Å². The molecule has 3 aromatic rings. The summed E-state index contributed by atoms with van der Waals surface area (Å²) in [6.07, 6.45) is -0.792. The number of carbonyl (C=O) groups is 1. The maximum Gasteiger partial charge on any atom is 0.262 e. The van der Waals surface area contributed by atoms with Gasteiger partial charge in [-0.3, -0.25) is 9.52 Å². The predicted molar refractivity (Wildman–Crippen MR) is 156 cm³/mol. The molecule has 4 rings (SSSR count). The second-order valence-corrected chi connectivity index (χ2v) is 14.1. The topological polar surface area (TPSA) is 133 Å². The highest BCUT2D eigenvalue weighted by atomic mass is 35.5. The molecule has 0 radical (unpaired) electrons. The molecule has 0 aromatic heterocycles. The second-order valence-electron chi connectivity index (χ2n) is 9.96. The highest BCUT2D eigenvalue weighted by Crippen LogP contribution is 2.36. The van der Waals surface area contributed by atoms with Gasteiger partial charge in [0.25, 0.3) is 15.9 Å². The summed E-state index contributed by atoms with van der Waals surface area (Å²) in [5, 5.41) is 10.3. The highest BCUT2D eigenvalue weighted by Gasteiger charge is 2.36. The normalized spacial score (nSPS) is 18.7. The van der Waals surface area contributed by atoms with Crippen LogP contribution in [0.4, 0.5) is 5.69 Å². The van der Waals surface area contributed by atoms with Gasteiger partial charge in [0, 0.05) is 24.5 Å². The highest BCUT2D eigenvalue weighted by molar-refractivity contribution is 7.92. The van der Waals surface area contributed by atoms with E-state index < -0.39 is 44.0 Å². The predicted octanol–water partition coefficient (Wildman–Crippen LogP) is 3.68. The quantitative estimate of drug-likeness (QED) is 0.372. The van der Waals surface area contributed by atoms with Gasteiger partial charge in [0.05, 0.1) is 40.2 Å². The number of likely N-dealkylation sites (N-methyl/N-ethyl adjacent to an activating group) is 1. The van der Waals surface area contributed by atoms with E-state index in [9.17, 15) is 26.7 Å². The summed E-state index contributed by atoms with van der Waals surface area (Å²) in [4.78, 5) is 15.2. The molecule has 0 unspecified atom stereocenters. The number of nitrogens with zero attached hydrogens (tertiary/aromatic N) is 2. The Kier molecular flexibility index (Phi) is 9.29. The lowest BCUT2D eigenvalue weighted by atomic mass is 9.99. The number of aliphatic hydroxyl groups excluding tert-OH is 1. The molecule has 41 heavy (non-hydrogen) atoms. The fourth-order valence-corrected chi connectivity index (χ4v) is 6.88. The van der Waals surface area contributed by atoms with Crippen LogP contribution in [0.1, 0.15) is 24.2 Å². The summed E-state index contributed by atoms with van der Waals surface area (Å²) in [6, 6.07) is 17.5. The summed E-state index contributed by atoms with van der Waals surface area (Å²) in [7, 11) is -6.55. The minimum Gasteiger partial charge on any atom is -0.486 e. The van der Waals surface area contributed by atoms with E-state index in [0.717, 1.165) is 0 Å². The Morgan fingerprint density at radius 3 is 2.32 bits per heavy atom. The largest absolute Gasteiger partial charge is 0.486 e. The van der Waals surface area contributed by atoms with Gasteiger partial charge in [0.15, 0.2) is 5.75 Å². The Morgan fingerprint density at radius 2 is 1.68 bits per heavy atom. The fraction of sp³-hybridized carbons (Fsp3) is 0.321. The molecule has 0 saturated heterocycles. The molecule has 1 aliphatic rings. The number of nitrogens with one attached hydrogen (secondary N) is 1.